The van der Waals surface area contributed by atoms with Crippen LogP contribution in [0, 0.1) is 5.92 Å². The predicted molar refractivity (Wildman–Crippen MR) is 72.2 cm³/mol. The van der Waals surface area contributed by atoms with Crippen molar-refractivity contribution in [3.8, 4) is 0 Å². The van der Waals surface area contributed by atoms with Crippen LogP contribution in [0.25, 0.3) is 0 Å². The molecule has 0 bridgehead atoms. The van der Waals surface area contributed by atoms with Crippen LogP contribution in [-0.4, -0.2) is 47.9 Å². The molecule has 1 N–H and O–H groups in total. The van der Waals surface area contributed by atoms with E-state index in [1.165, 1.54) is 0 Å². The zero-order chi connectivity index (χ0) is 15.9. The van der Waals surface area contributed by atoms with Crippen molar-refractivity contribution in [1.82, 2.24) is 10.2 Å². The molecule has 0 spiro atoms. The minimum Gasteiger partial charge on any atom is -0.345 e. The van der Waals surface area contributed by atoms with Crippen molar-refractivity contribution in [3.63, 3.8) is 0 Å². The second-order valence-electron chi connectivity index (χ2n) is 5.72. The van der Waals surface area contributed by atoms with Crippen LogP contribution in [0.2, 0.25) is 0 Å². The van der Waals surface area contributed by atoms with Gasteiger partial charge in [-0.3, -0.25) is 9.59 Å². The number of halogens is 3. The Morgan fingerprint density at radius 3 is 2.41 bits per heavy atom. The molecule has 0 radical (unpaired) electrons. The number of rotatable bonds is 3. The lowest BCUT2D eigenvalue weighted by atomic mass is 10.2. The fourth-order valence-electron chi connectivity index (χ4n) is 2.62. The van der Waals surface area contributed by atoms with Crippen LogP contribution in [0.5, 0.6) is 0 Å². The Kier molecular flexibility index (Phi) is 3.58. The predicted octanol–water partition coefficient (Wildman–Crippen LogP) is 1.62. The summed E-state index contributed by atoms with van der Waals surface area (Å²) >= 11 is 0. The van der Waals surface area contributed by atoms with Crippen LogP contribution in [0.15, 0.2) is 30.3 Å². The summed E-state index contributed by atoms with van der Waals surface area (Å²) in [4.78, 5) is 24.9. The number of alkyl halides is 3. The quantitative estimate of drug-likeness (QED) is 0.922. The highest BCUT2D eigenvalue weighted by molar-refractivity contribution is 5.94. The van der Waals surface area contributed by atoms with Gasteiger partial charge in [0.05, 0.1) is 12.6 Å². The number of carbonyl (C=O) groups excluding carboxylic acids is 2. The molecule has 1 heterocycles. The van der Waals surface area contributed by atoms with Gasteiger partial charge in [0.1, 0.15) is 12.1 Å². The number of benzene rings is 1. The largest absolute Gasteiger partial charge is 0.345 e. The first-order valence-corrected chi connectivity index (χ1v) is 7.05. The van der Waals surface area contributed by atoms with Crippen molar-refractivity contribution >= 4 is 11.8 Å². The van der Waals surface area contributed by atoms with E-state index in [0.717, 1.165) is 4.90 Å². The van der Waals surface area contributed by atoms with Gasteiger partial charge in [0, 0.05) is 18.5 Å². The maximum Gasteiger partial charge on any atom is 0.260 e. The van der Waals surface area contributed by atoms with E-state index in [-0.39, 0.29) is 13.1 Å². The molecule has 1 aliphatic carbocycles. The smallest absolute Gasteiger partial charge is 0.260 e. The lowest BCUT2D eigenvalue weighted by Gasteiger charge is -2.16. The van der Waals surface area contributed by atoms with Gasteiger partial charge in [-0.2, -0.15) is 0 Å². The molecule has 4 nitrogen and oxygen atoms in total. The molecule has 1 aromatic rings. The average molecular weight is 312 g/mol. The molecule has 7 heteroatoms. The van der Waals surface area contributed by atoms with Crippen molar-refractivity contribution in [2.75, 3.05) is 13.1 Å². The Morgan fingerprint density at radius 2 is 1.82 bits per heavy atom. The summed E-state index contributed by atoms with van der Waals surface area (Å²) in [6.07, 6.45) is -1.93. The first-order valence-electron chi connectivity index (χ1n) is 7.05. The molecular weight excluding hydrogens is 297 g/mol. The van der Waals surface area contributed by atoms with E-state index in [0.29, 0.717) is 5.56 Å². The molecule has 2 amide bonds. The highest BCUT2D eigenvalue weighted by Crippen LogP contribution is 2.49. The molecule has 3 atom stereocenters. The molecule has 118 valence electrons. The fraction of sp³-hybridized carbons (Fsp3) is 0.467. The van der Waals surface area contributed by atoms with Crippen LogP contribution < -0.4 is 5.32 Å². The molecule has 1 saturated carbocycles. The third-order valence-corrected chi connectivity index (χ3v) is 4.04. The summed E-state index contributed by atoms with van der Waals surface area (Å²) in [5, 5.41) is 2.51. The van der Waals surface area contributed by atoms with E-state index in [1.807, 2.05) is 0 Å². The Labute approximate surface area is 125 Å². The van der Waals surface area contributed by atoms with E-state index in [9.17, 15) is 22.8 Å². The third-order valence-electron chi connectivity index (χ3n) is 4.04. The van der Waals surface area contributed by atoms with E-state index in [4.69, 9.17) is 0 Å². The number of hydrogen-bond donors (Lipinski definition) is 1. The monoisotopic (exact) mass is 312 g/mol. The van der Waals surface area contributed by atoms with Crippen LogP contribution in [-0.2, 0) is 4.79 Å². The van der Waals surface area contributed by atoms with Crippen molar-refractivity contribution in [2.45, 2.75) is 24.6 Å². The highest BCUT2D eigenvalue weighted by atomic mass is 19.3. The minimum absolute atomic E-state index is 0.0782. The number of carbonyl (C=O) groups is 2. The molecule has 1 aliphatic heterocycles. The van der Waals surface area contributed by atoms with Gasteiger partial charge in [-0.25, -0.2) is 13.2 Å². The zero-order valence-corrected chi connectivity index (χ0v) is 11.6. The topological polar surface area (TPSA) is 49.4 Å². The molecule has 3 rings (SSSR count). The minimum atomic E-state index is -2.96. The molecule has 2 fully saturated rings. The first-order chi connectivity index (χ1) is 10.4. The number of hydrogen-bond acceptors (Lipinski definition) is 2. The summed E-state index contributed by atoms with van der Waals surface area (Å²) in [6.45, 7) is -0.337. The second kappa shape index (κ2) is 5.30. The van der Waals surface area contributed by atoms with Crippen LogP contribution in [0.3, 0.4) is 0 Å². The van der Waals surface area contributed by atoms with Crippen molar-refractivity contribution < 1.29 is 22.8 Å². The van der Waals surface area contributed by atoms with Crippen LogP contribution >= 0.6 is 0 Å². The zero-order valence-electron chi connectivity index (χ0n) is 11.6. The summed E-state index contributed by atoms with van der Waals surface area (Å²) in [5.74, 6) is -5.47. The SMILES string of the molecule is O=C(N[C@@H]1CN(C(=O)C2CC2(F)F)C[C@@H]1F)c1ccccc1. The maximum atomic E-state index is 14.0. The molecule has 1 saturated heterocycles. The Hall–Kier alpha value is -2.05. The van der Waals surface area contributed by atoms with Gasteiger partial charge in [0.15, 0.2) is 0 Å². The van der Waals surface area contributed by atoms with Crippen LogP contribution in [0.1, 0.15) is 16.8 Å². The number of nitrogens with one attached hydrogen (secondary N) is 1. The van der Waals surface area contributed by atoms with Gasteiger partial charge in [0.2, 0.25) is 5.91 Å². The van der Waals surface area contributed by atoms with Gasteiger partial charge in [-0.15, -0.1) is 0 Å². The van der Waals surface area contributed by atoms with E-state index < -0.39 is 42.3 Å². The molecular formula is C15H15F3N2O2. The molecule has 1 aromatic carbocycles. The molecule has 1 unspecified atom stereocenters. The summed E-state index contributed by atoms with van der Waals surface area (Å²) in [5.41, 5.74) is 0.383. The first kappa shape index (κ1) is 14.9. The van der Waals surface area contributed by atoms with Crippen molar-refractivity contribution in [1.29, 1.82) is 0 Å². The maximum absolute atomic E-state index is 14.0. The van der Waals surface area contributed by atoms with Gasteiger partial charge in [-0.05, 0) is 12.1 Å². The number of amides is 2. The summed E-state index contributed by atoms with van der Waals surface area (Å²) in [6, 6.07) is 7.42. The Balaban J connectivity index is 1.60. The fourth-order valence-corrected chi connectivity index (χ4v) is 2.62. The van der Waals surface area contributed by atoms with Gasteiger partial charge in [0.25, 0.3) is 11.8 Å². The second-order valence-corrected chi connectivity index (χ2v) is 5.72. The van der Waals surface area contributed by atoms with E-state index in [1.54, 1.807) is 30.3 Å². The Morgan fingerprint density at radius 1 is 1.18 bits per heavy atom. The molecule has 2 aliphatic rings. The Bertz CT molecular complexity index is 594. The summed E-state index contributed by atoms with van der Waals surface area (Å²) in [7, 11) is 0. The van der Waals surface area contributed by atoms with Crippen LogP contribution in [0.4, 0.5) is 13.2 Å². The standard InChI is InChI=1S/C15H15F3N2O2/c16-11-7-20(14(22)10-6-15(10,17)18)8-12(11)19-13(21)9-4-2-1-3-5-9/h1-5,10-12H,6-8H2,(H,19,21)/t10?,11-,12+/m0/s1. The number of nitrogens with zero attached hydrogens (tertiary/aromatic N) is 1. The third kappa shape index (κ3) is 2.80. The van der Waals surface area contributed by atoms with Gasteiger partial charge in [-0.1, -0.05) is 18.2 Å². The van der Waals surface area contributed by atoms with Crippen molar-refractivity contribution in [2.24, 2.45) is 5.92 Å². The van der Waals surface area contributed by atoms with Gasteiger partial charge >= 0.3 is 0 Å². The molecule has 0 aromatic heterocycles. The summed E-state index contributed by atoms with van der Waals surface area (Å²) < 4.78 is 39.8. The molecule has 22 heavy (non-hydrogen) atoms. The van der Waals surface area contributed by atoms with E-state index in [2.05, 4.69) is 5.32 Å². The van der Waals surface area contributed by atoms with Gasteiger partial charge < -0.3 is 10.2 Å². The highest BCUT2D eigenvalue weighted by Gasteiger charge is 2.62. The van der Waals surface area contributed by atoms with E-state index >= 15 is 0 Å². The van der Waals surface area contributed by atoms with Crippen molar-refractivity contribution in [3.05, 3.63) is 35.9 Å². The normalized spacial score (nSPS) is 29.2. The average Bonchev–Trinajstić information content (AvgIpc) is 2.98. The lowest BCUT2D eigenvalue weighted by molar-refractivity contribution is -0.134. The lowest BCUT2D eigenvalue weighted by Crippen LogP contribution is -2.42. The number of likely N-dealkylation sites (tertiary alicyclic amines) is 1.